The van der Waals surface area contributed by atoms with E-state index >= 15 is 0 Å². The van der Waals surface area contributed by atoms with E-state index < -0.39 is 0 Å². The first-order valence-electron chi connectivity index (χ1n) is 4.82. The van der Waals surface area contributed by atoms with Crippen LogP contribution in [0.15, 0.2) is 36.4 Å². The third-order valence-corrected chi connectivity index (χ3v) is 2.31. The van der Waals surface area contributed by atoms with Crippen molar-refractivity contribution in [1.29, 1.82) is 0 Å². The number of rotatable bonds is 2. The zero-order valence-electron chi connectivity index (χ0n) is 8.77. The molecule has 2 aromatic rings. The highest BCUT2D eigenvalue weighted by atomic mass is 35.5. The second-order valence-electron chi connectivity index (χ2n) is 3.40. The molecule has 0 saturated carbocycles. The Labute approximate surface area is 98.8 Å². The first-order valence-corrected chi connectivity index (χ1v) is 5.19. The molecule has 3 nitrogen and oxygen atoms in total. The van der Waals surface area contributed by atoms with Gasteiger partial charge in [-0.2, -0.15) is 0 Å². The van der Waals surface area contributed by atoms with Crippen molar-refractivity contribution in [3.05, 3.63) is 47.1 Å². The Kier molecular flexibility index (Phi) is 2.97. The van der Waals surface area contributed by atoms with Crippen molar-refractivity contribution in [3.63, 3.8) is 0 Å². The molecular weight excluding hydrogens is 224 g/mol. The summed E-state index contributed by atoms with van der Waals surface area (Å²) in [5, 5.41) is 0.664. The fraction of sp³-hybridized carbons (Fsp3) is 0.0833. The van der Waals surface area contributed by atoms with Crippen LogP contribution in [0.2, 0.25) is 5.02 Å². The molecule has 0 radical (unpaired) electrons. The number of pyridine rings is 1. The minimum absolute atomic E-state index is 0.419. The van der Waals surface area contributed by atoms with Crippen LogP contribution in [0, 0.1) is 6.92 Å². The summed E-state index contributed by atoms with van der Waals surface area (Å²) >= 11 is 5.78. The largest absolute Gasteiger partial charge is 0.437 e. The number of hydrogen-bond donors (Lipinski definition) is 1. The number of nitrogens with zero attached hydrogens (tertiary/aromatic N) is 1. The van der Waals surface area contributed by atoms with Crippen LogP contribution in [-0.2, 0) is 0 Å². The maximum atomic E-state index is 5.78. The smallest absolute Gasteiger partial charge is 0.242 e. The van der Waals surface area contributed by atoms with Gasteiger partial charge in [0, 0.05) is 10.7 Å². The van der Waals surface area contributed by atoms with Gasteiger partial charge in [0.15, 0.2) is 0 Å². The number of nitrogens with two attached hydrogens (primary N) is 1. The van der Waals surface area contributed by atoms with Gasteiger partial charge in [0.1, 0.15) is 5.75 Å². The van der Waals surface area contributed by atoms with Crippen molar-refractivity contribution in [2.75, 3.05) is 5.73 Å². The summed E-state index contributed by atoms with van der Waals surface area (Å²) in [6.45, 7) is 1.88. The van der Waals surface area contributed by atoms with E-state index in [1.165, 1.54) is 0 Å². The Bertz CT molecular complexity index is 497. The fourth-order valence-electron chi connectivity index (χ4n) is 1.24. The summed E-state index contributed by atoms with van der Waals surface area (Å²) in [7, 11) is 0. The molecule has 1 aromatic carbocycles. The van der Waals surface area contributed by atoms with E-state index in [-0.39, 0.29) is 0 Å². The van der Waals surface area contributed by atoms with Crippen molar-refractivity contribution in [1.82, 2.24) is 4.98 Å². The zero-order valence-corrected chi connectivity index (χ0v) is 9.53. The lowest BCUT2D eigenvalue weighted by Gasteiger charge is -2.07. The predicted octanol–water partition coefficient (Wildman–Crippen LogP) is 3.42. The van der Waals surface area contributed by atoms with Crippen LogP contribution in [0.3, 0.4) is 0 Å². The zero-order chi connectivity index (χ0) is 11.5. The molecule has 2 N–H and O–H groups in total. The molecule has 82 valence electrons. The lowest BCUT2D eigenvalue weighted by molar-refractivity contribution is 0.464. The highest BCUT2D eigenvalue weighted by Crippen LogP contribution is 2.26. The number of aromatic nitrogens is 1. The Morgan fingerprint density at radius 1 is 1.12 bits per heavy atom. The molecule has 0 amide bonds. The molecule has 0 aliphatic rings. The highest BCUT2D eigenvalue weighted by Gasteiger charge is 2.03. The van der Waals surface area contributed by atoms with Crippen LogP contribution in [0.5, 0.6) is 11.6 Å². The quantitative estimate of drug-likeness (QED) is 0.866. The van der Waals surface area contributed by atoms with Gasteiger partial charge < -0.3 is 10.5 Å². The van der Waals surface area contributed by atoms with Crippen molar-refractivity contribution in [2.45, 2.75) is 6.92 Å². The summed E-state index contributed by atoms with van der Waals surface area (Å²) in [6.07, 6.45) is 0. The normalized spacial score (nSPS) is 10.1. The number of ether oxygens (including phenoxy) is 1. The van der Waals surface area contributed by atoms with Gasteiger partial charge in [-0.1, -0.05) is 11.6 Å². The average molecular weight is 235 g/mol. The molecule has 2 rings (SSSR count). The average Bonchev–Trinajstić information content (AvgIpc) is 2.27. The summed E-state index contributed by atoms with van der Waals surface area (Å²) in [4.78, 5) is 4.21. The molecule has 0 spiro atoms. The number of benzene rings is 1. The molecule has 1 aromatic heterocycles. The summed E-state index contributed by atoms with van der Waals surface area (Å²) < 4.78 is 5.55. The molecule has 0 aliphatic carbocycles. The molecular formula is C12H11ClN2O. The van der Waals surface area contributed by atoms with Gasteiger partial charge in [0.2, 0.25) is 5.88 Å². The maximum Gasteiger partial charge on any atom is 0.242 e. The van der Waals surface area contributed by atoms with Gasteiger partial charge in [0.05, 0.1) is 5.69 Å². The SMILES string of the molecule is Cc1ccc(N)c(Oc2ccc(Cl)cc2)n1. The van der Waals surface area contributed by atoms with Crippen LogP contribution in [0.1, 0.15) is 5.69 Å². The Morgan fingerprint density at radius 3 is 2.50 bits per heavy atom. The first kappa shape index (κ1) is 10.8. The molecule has 1 heterocycles. The first-order chi connectivity index (χ1) is 7.65. The summed E-state index contributed by atoms with van der Waals surface area (Å²) in [6, 6.07) is 10.7. The topological polar surface area (TPSA) is 48.1 Å². The van der Waals surface area contributed by atoms with E-state index in [0.717, 1.165) is 5.69 Å². The molecule has 0 atom stereocenters. The van der Waals surface area contributed by atoms with E-state index in [1.54, 1.807) is 30.3 Å². The molecule has 4 heteroatoms. The van der Waals surface area contributed by atoms with Gasteiger partial charge in [-0.05, 0) is 43.3 Å². The molecule has 0 fully saturated rings. The maximum absolute atomic E-state index is 5.78. The number of anilines is 1. The number of hydrogen-bond acceptors (Lipinski definition) is 3. The van der Waals surface area contributed by atoms with Crippen LogP contribution < -0.4 is 10.5 Å². The minimum Gasteiger partial charge on any atom is -0.437 e. The monoisotopic (exact) mass is 234 g/mol. The Hall–Kier alpha value is -1.74. The standard InChI is InChI=1S/C12H11ClN2O/c1-8-2-7-11(14)12(15-8)16-10-5-3-9(13)4-6-10/h2-7H,14H2,1H3. The van der Waals surface area contributed by atoms with Gasteiger partial charge in [-0.3, -0.25) is 0 Å². The summed E-state index contributed by atoms with van der Waals surface area (Å²) in [5.41, 5.74) is 7.13. The van der Waals surface area contributed by atoms with Crippen LogP contribution in [0.25, 0.3) is 0 Å². The van der Waals surface area contributed by atoms with Crippen molar-refractivity contribution in [2.24, 2.45) is 0 Å². The highest BCUT2D eigenvalue weighted by molar-refractivity contribution is 6.30. The third kappa shape index (κ3) is 2.44. The third-order valence-electron chi connectivity index (χ3n) is 2.06. The van der Waals surface area contributed by atoms with Gasteiger partial charge >= 0.3 is 0 Å². The van der Waals surface area contributed by atoms with Gasteiger partial charge in [-0.15, -0.1) is 0 Å². The second-order valence-corrected chi connectivity index (χ2v) is 3.84. The van der Waals surface area contributed by atoms with Crippen LogP contribution in [-0.4, -0.2) is 4.98 Å². The van der Waals surface area contributed by atoms with Crippen LogP contribution >= 0.6 is 11.6 Å². The molecule has 0 bridgehead atoms. The van der Waals surface area contributed by atoms with Gasteiger partial charge in [0.25, 0.3) is 0 Å². The molecule has 0 aliphatic heterocycles. The van der Waals surface area contributed by atoms with Crippen molar-refractivity contribution in [3.8, 4) is 11.6 Å². The number of aryl methyl sites for hydroxylation is 1. The van der Waals surface area contributed by atoms with Crippen LogP contribution in [0.4, 0.5) is 5.69 Å². The number of halogens is 1. The number of nitrogen functional groups attached to an aromatic ring is 1. The van der Waals surface area contributed by atoms with E-state index in [1.807, 2.05) is 13.0 Å². The minimum atomic E-state index is 0.419. The summed E-state index contributed by atoms with van der Waals surface area (Å²) in [5.74, 6) is 1.08. The fourth-order valence-corrected chi connectivity index (χ4v) is 1.37. The van der Waals surface area contributed by atoms with Crippen molar-refractivity contribution < 1.29 is 4.74 Å². The van der Waals surface area contributed by atoms with E-state index in [4.69, 9.17) is 22.1 Å². The lowest BCUT2D eigenvalue weighted by atomic mass is 10.3. The molecule has 0 unspecified atom stereocenters. The molecule has 0 saturated heterocycles. The van der Waals surface area contributed by atoms with E-state index in [9.17, 15) is 0 Å². The molecule has 16 heavy (non-hydrogen) atoms. The second kappa shape index (κ2) is 4.41. The lowest BCUT2D eigenvalue weighted by Crippen LogP contribution is -1.96. The van der Waals surface area contributed by atoms with E-state index in [2.05, 4.69) is 4.98 Å². The van der Waals surface area contributed by atoms with E-state index in [0.29, 0.717) is 22.3 Å². The Balaban J connectivity index is 2.26. The van der Waals surface area contributed by atoms with Crippen molar-refractivity contribution >= 4 is 17.3 Å². The Morgan fingerprint density at radius 2 is 1.81 bits per heavy atom. The van der Waals surface area contributed by atoms with Gasteiger partial charge in [-0.25, -0.2) is 4.98 Å². The predicted molar refractivity (Wildman–Crippen MR) is 64.9 cm³/mol.